The molecule has 4 heteroatoms. The number of nitrogens with zero attached hydrogens (tertiary/aromatic N) is 2. The first-order valence-corrected chi connectivity index (χ1v) is 15.7. The third-order valence-electron chi connectivity index (χ3n) is 9.23. The molecule has 4 nitrogen and oxygen atoms in total. The zero-order chi connectivity index (χ0) is 30.8. The number of H-pyrrole nitrogens is 2. The number of hydrogen-bond donors (Lipinski definition) is 2. The van der Waals surface area contributed by atoms with Crippen LogP contribution in [0.5, 0.6) is 0 Å². The van der Waals surface area contributed by atoms with Crippen molar-refractivity contribution in [2.45, 2.75) is 13.8 Å². The first-order chi connectivity index (χ1) is 22.6. The molecule has 0 fully saturated rings. The van der Waals surface area contributed by atoms with Crippen molar-refractivity contribution in [2.75, 3.05) is 0 Å². The fourth-order valence-electron chi connectivity index (χ4n) is 7.01. The molecule has 2 aromatic heterocycles. The second kappa shape index (κ2) is 10.3. The maximum atomic E-state index is 5.32. The molecule has 0 saturated heterocycles. The number of aliphatic imine (C=N–C) groups is 2. The average Bonchev–Trinajstić information content (AvgIpc) is 3.83. The average molecular weight is 591 g/mol. The Hall–Kier alpha value is -6.00. The third-order valence-corrected chi connectivity index (χ3v) is 9.23. The van der Waals surface area contributed by atoms with Gasteiger partial charge in [0.1, 0.15) is 0 Å². The second-order valence-corrected chi connectivity index (χ2v) is 12.1. The van der Waals surface area contributed by atoms with Crippen LogP contribution in [0.2, 0.25) is 0 Å². The summed E-state index contributed by atoms with van der Waals surface area (Å²) >= 11 is 0. The summed E-state index contributed by atoms with van der Waals surface area (Å²) in [5.41, 5.74) is 14.9. The van der Waals surface area contributed by atoms with Gasteiger partial charge in [-0.15, -0.1) is 0 Å². The maximum absolute atomic E-state index is 5.32. The van der Waals surface area contributed by atoms with E-state index in [2.05, 4.69) is 157 Å². The lowest BCUT2D eigenvalue weighted by Crippen LogP contribution is -2.05. The minimum atomic E-state index is 0.944. The number of rotatable bonds is 4. The van der Waals surface area contributed by atoms with E-state index in [0.29, 0.717) is 0 Å². The van der Waals surface area contributed by atoms with Gasteiger partial charge in [-0.1, -0.05) is 109 Å². The summed E-state index contributed by atoms with van der Waals surface area (Å²) in [6, 6.07) is 42.7. The van der Waals surface area contributed by atoms with Crippen LogP contribution < -0.4 is 0 Å². The normalized spacial score (nSPS) is 15.5. The molecule has 0 bridgehead atoms. The Kier molecular flexibility index (Phi) is 5.90. The van der Waals surface area contributed by atoms with Crippen LogP contribution in [0.3, 0.4) is 0 Å². The van der Waals surface area contributed by atoms with Gasteiger partial charge in [-0.05, 0) is 38.1 Å². The van der Waals surface area contributed by atoms with E-state index in [1.54, 1.807) is 0 Å². The quantitative estimate of drug-likeness (QED) is 0.205. The first kappa shape index (κ1) is 26.4. The summed E-state index contributed by atoms with van der Waals surface area (Å²) < 4.78 is 0. The lowest BCUT2D eigenvalue weighted by atomic mass is 9.90. The Morgan fingerprint density at radius 1 is 0.435 bits per heavy atom. The highest BCUT2D eigenvalue weighted by molar-refractivity contribution is 6.26. The number of nitrogens with one attached hydrogen (secondary N) is 2. The molecule has 5 aromatic carbocycles. The molecule has 46 heavy (non-hydrogen) atoms. The zero-order valence-electron chi connectivity index (χ0n) is 25.6. The van der Waals surface area contributed by atoms with Crippen LogP contribution in [-0.2, 0) is 0 Å². The van der Waals surface area contributed by atoms with Crippen LogP contribution in [0, 0.1) is 13.8 Å². The maximum Gasteiger partial charge on any atom is 0.0788 e. The van der Waals surface area contributed by atoms with Crippen molar-refractivity contribution in [1.82, 2.24) is 9.97 Å². The van der Waals surface area contributed by atoms with Gasteiger partial charge in [0.2, 0.25) is 0 Å². The van der Waals surface area contributed by atoms with E-state index >= 15 is 0 Å². The van der Waals surface area contributed by atoms with Gasteiger partial charge in [0, 0.05) is 77.7 Å². The van der Waals surface area contributed by atoms with E-state index in [9.17, 15) is 0 Å². The van der Waals surface area contributed by atoms with Crippen LogP contribution in [0.15, 0.2) is 131 Å². The molecule has 0 saturated carbocycles. The molecule has 2 aliphatic rings. The van der Waals surface area contributed by atoms with E-state index in [0.717, 1.165) is 79.0 Å². The Labute approximate surface area is 267 Å². The minimum Gasteiger partial charge on any atom is -0.358 e. The molecule has 0 amide bonds. The van der Waals surface area contributed by atoms with Crippen molar-refractivity contribution in [3.05, 3.63) is 177 Å². The van der Waals surface area contributed by atoms with Crippen molar-refractivity contribution in [3.8, 4) is 0 Å². The molecule has 2 aliphatic heterocycles. The number of aromatic nitrogens is 2. The topological polar surface area (TPSA) is 56.3 Å². The summed E-state index contributed by atoms with van der Waals surface area (Å²) in [6.07, 6.45) is 4.41. The highest BCUT2D eigenvalue weighted by Gasteiger charge is 2.30. The van der Waals surface area contributed by atoms with Gasteiger partial charge in [0.05, 0.1) is 22.8 Å². The van der Waals surface area contributed by atoms with Gasteiger partial charge in [-0.25, -0.2) is 9.98 Å². The van der Waals surface area contributed by atoms with Crippen LogP contribution in [-0.4, -0.2) is 21.4 Å². The van der Waals surface area contributed by atoms with Crippen molar-refractivity contribution in [2.24, 2.45) is 9.98 Å². The lowest BCUT2D eigenvalue weighted by molar-refractivity contribution is 1.26. The van der Waals surface area contributed by atoms with Crippen LogP contribution in [0.1, 0.15) is 56.2 Å². The first-order valence-electron chi connectivity index (χ1n) is 15.7. The highest BCUT2D eigenvalue weighted by atomic mass is 14.8. The summed E-state index contributed by atoms with van der Waals surface area (Å²) in [5.74, 6) is 0. The van der Waals surface area contributed by atoms with Crippen molar-refractivity contribution in [3.63, 3.8) is 0 Å². The Morgan fingerprint density at radius 2 is 0.804 bits per heavy atom. The molecule has 0 atom stereocenters. The fourth-order valence-corrected chi connectivity index (χ4v) is 7.01. The molecule has 0 spiro atoms. The predicted octanol–water partition coefficient (Wildman–Crippen LogP) is 9.96. The molecule has 2 N–H and O–H groups in total. The van der Waals surface area contributed by atoms with E-state index in [1.165, 1.54) is 21.5 Å². The number of aryl methyl sites for hydroxylation is 2. The van der Waals surface area contributed by atoms with E-state index < -0.39 is 0 Å². The summed E-state index contributed by atoms with van der Waals surface area (Å²) in [5, 5.41) is 4.86. The fraction of sp³-hybridized carbons (Fsp3) is 0.0476. The van der Waals surface area contributed by atoms with Crippen molar-refractivity contribution >= 4 is 56.5 Å². The standard InChI is InChI=1S/C42H30N4/c1-25-29-17-9-11-19-31(29)37(43-25)23-39-33-21-36-34(22-35(33)41(45-39)27-13-5-3-6-14-27)40(46-42(36)28-15-7-4-8-16-28)24-38-32-20-12-10-18-30(32)26(2)44-38/h3-24,43-44H,1-2H3/b39-23-,40-24-. The number of benzene rings is 5. The van der Waals surface area contributed by atoms with E-state index in [4.69, 9.17) is 9.98 Å². The SMILES string of the molecule is Cc1[nH]c(/C=C2\N=C(c3ccccc3)c3cc4c(cc32)C(c2ccccc2)=N/C4=C\c2[nH]c(C)c3ccccc23)c2ccccc12. The molecule has 4 heterocycles. The molecule has 0 unspecified atom stereocenters. The summed E-state index contributed by atoms with van der Waals surface area (Å²) in [6.45, 7) is 4.26. The van der Waals surface area contributed by atoms with Gasteiger partial charge in [-0.2, -0.15) is 0 Å². The van der Waals surface area contributed by atoms with E-state index in [1.807, 2.05) is 0 Å². The smallest absolute Gasteiger partial charge is 0.0788 e. The largest absolute Gasteiger partial charge is 0.358 e. The molecule has 0 radical (unpaired) electrons. The third kappa shape index (κ3) is 4.15. The number of fused-ring (bicyclic) bond motifs is 4. The molecule has 9 rings (SSSR count). The van der Waals surface area contributed by atoms with E-state index in [-0.39, 0.29) is 0 Å². The van der Waals surface area contributed by atoms with Crippen LogP contribution in [0.25, 0.3) is 45.1 Å². The van der Waals surface area contributed by atoms with Crippen molar-refractivity contribution < 1.29 is 0 Å². The molecule has 0 aliphatic carbocycles. The van der Waals surface area contributed by atoms with Gasteiger partial charge in [0.25, 0.3) is 0 Å². The Bertz CT molecular complexity index is 2290. The summed E-state index contributed by atoms with van der Waals surface area (Å²) in [4.78, 5) is 17.9. The van der Waals surface area contributed by atoms with Gasteiger partial charge < -0.3 is 9.97 Å². The van der Waals surface area contributed by atoms with Crippen LogP contribution in [0.4, 0.5) is 0 Å². The predicted molar refractivity (Wildman–Crippen MR) is 192 cm³/mol. The molecular weight excluding hydrogens is 560 g/mol. The van der Waals surface area contributed by atoms with Gasteiger partial charge >= 0.3 is 0 Å². The zero-order valence-corrected chi connectivity index (χ0v) is 25.6. The Balaban J connectivity index is 1.29. The second-order valence-electron chi connectivity index (χ2n) is 12.1. The monoisotopic (exact) mass is 590 g/mol. The van der Waals surface area contributed by atoms with Gasteiger partial charge in [0.15, 0.2) is 0 Å². The minimum absolute atomic E-state index is 0.944. The summed E-state index contributed by atoms with van der Waals surface area (Å²) in [7, 11) is 0. The molecule has 7 aromatic rings. The highest BCUT2D eigenvalue weighted by Crippen LogP contribution is 2.42. The number of aromatic amines is 2. The lowest BCUT2D eigenvalue weighted by Gasteiger charge is -2.10. The van der Waals surface area contributed by atoms with Crippen LogP contribution >= 0.6 is 0 Å². The molecule has 218 valence electrons. The number of hydrogen-bond acceptors (Lipinski definition) is 2. The van der Waals surface area contributed by atoms with Crippen molar-refractivity contribution in [1.29, 1.82) is 0 Å². The Morgan fingerprint density at radius 3 is 1.22 bits per heavy atom. The van der Waals surface area contributed by atoms with Gasteiger partial charge in [-0.3, -0.25) is 0 Å². The molecular formula is C42H30N4.